The van der Waals surface area contributed by atoms with Crippen molar-refractivity contribution < 1.29 is 0 Å². The first kappa shape index (κ1) is 17.9. The molecule has 0 aliphatic heterocycles. The Bertz CT molecular complexity index is 1410. The topological polar surface area (TPSA) is 54.5 Å². The van der Waals surface area contributed by atoms with Crippen molar-refractivity contribution in [1.82, 2.24) is 14.5 Å². The van der Waals surface area contributed by atoms with Crippen LogP contribution in [0.15, 0.2) is 59.4 Å². The third kappa shape index (κ3) is 2.98. The van der Waals surface area contributed by atoms with Crippen LogP contribution in [0.2, 0.25) is 5.02 Å². The minimum Gasteiger partial charge on any atom is -0.294 e. The average Bonchev–Trinajstić information content (AvgIpc) is 3.36. The molecule has 0 bridgehead atoms. The number of aryl methyl sites for hydroxylation is 1. The van der Waals surface area contributed by atoms with E-state index >= 15 is 0 Å². The Morgan fingerprint density at radius 1 is 1.10 bits per heavy atom. The van der Waals surface area contributed by atoms with Crippen LogP contribution in [-0.4, -0.2) is 14.5 Å². The van der Waals surface area contributed by atoms with Gasteiger partial charge in [0.25, 0.3) is 0 Å². The van der Waals surface area contributed by atoms with Gasteiger partial charge in [-0.25, -0.2) is 4.98 Å². The summed E-state index contributed by atoms with van der Waals surface area (Å²) in [5, 5.41) is 14.8. The Hall–Kier alpha value is -3.20. The predicted octanol–water partition coefficient (Wildman–Crippen LogP) is 6.33. The maximum atomic E-state index is 8.96. The average molecular weight is 415 g/mol. The Morgan fingerprint density at radius 2 is 2.00 bits per heavy atom. The summed E-state index contributed by atoms with van der Waals surface area (Å²) in [5.41, 5.74) is 6.81. The standard InChI is InChI=1S/C23H15ClN4S/c1-14-27-21-12-26-20-4-3-16(17-7-9-29-13-17)11-18(20)23(21)28(14)22-5-2-15(6-8-25)10-19(22)24/h2-5,7,9-13H,6H2,1H3. The van der Waals surface area contributed by atoms with Crippen LogP contribution in [0.4, 0.5) is 0 Å². The molecule has 0 radical (unpaired) electrons. The number of rotatable bonds is 3. The van der Waals surface area contributed by atoms with E-state index in [-0.39, 0.29) is 0 Å². The number of benzene rings is 2. The summed E-state index contributed by atoms with van der Waals surface area (Å²) in [6.07, 6.45) is 2.14. The van der Waals surface area contributed by atoms with Gasteiger partial charge in [-0.05, 0) is 64.7 Å². The zero-order valence-corrected chi connectivity index (χ0v) is 17.1. The fraction of sp³-hybridized carbons (Fsp3) is 0.0870. The molecule has 0 amide bonds. The highest BCUT2D eigenvalue weighted by atomic mass is 35.5. The van der Waals surface area contributed by atoms with Gasteiger partial charge in [-0.2, -0.15) is 16.6 Å². The quantitative estimate of drug-likeness (QED) is 0.346. The fourth-order valence-corrected chi connectivity index (χ4v) is 4.66. The first-order valence-corrected chi connectivity index (χ1v) is 10.4. The van der Waals surface area contributed by atoms with Crippen molar-refractivity contribution in [3.63, 3.8) is 0 Å². The minimum absolute atomic E-state index is 0.334. The van der Waals surface area contributed by atoms with E-state index in [0.29, 0.717) is 11.4 Å². The molecule has 5 rings (SSSR count). The van der Waals surface area contributed by atoms with E-state index in [2.05, 4.69) is 44.6 Å². The lowest BCUT2D eigenvalue weighted by Crippen LogP contribution is -1.99. The molecule has 140 valence electrons. The van der Waals surface area contributed by atoms with Crippen LogP contribution >= 0.6 is 22.9 Å². The highest BCUT2D eigenvalue weighted by molar-refractivity contribution is 7.08. The summed E-state index contributed by atoms with van der Waals surface area (Å²) in [6.45, 7) is 1.97. The maximum absolute atomic E-state index is 8.96. The number of hydrogen-bond acceptors (Lipinski definition) is 4. The van der Waals surface area contributed by atoms with E-state index in [0.717, 1.165) is 44.6 Å². The smallest absolute Gasteiger partial charge is 0.111 e. The molecule has 4 nitrogen and oxygen atoms in total. The molecule has 0 unspecified atom stereocenters. The van der Waals surface area contributed by atoms with Crippen molar-refractivity contribution in [3.8, 4) is 22.9 Å². The van der Waals surface area contributed by atoms with Gasteiger partial charge in [0.1, 0.15) is 11.3 Å². The summed E-state index contributed by atoms with van der Waals surface area (Å²) in [4.78, 5) is 9.32. The molecular weight excluding hydrogens is 400 g/mol. The Labute approximate surface area is 176 Å². The molecule has 5 aromatic rings. The monoisotopic (exact) mass is 414 g/mol. The number of pyridine rings is 1. The van der Waals surface area contributed by atoms with E-state index in [4.69, 9.17) is 21.8 Å². The van der Waals surface area contributed by atoms with Crippen LogP contribution in [0, 0.1) is 18.3 Å². The zero-order valence-electron chi connectivity index (χ0n) is 15.6. The minimum atomic E-state index is 0.334. The molecule has 0 N–H and O–H groups in total. The second kappa shape index (κ2) is 7.00. The Kier molecular flexibility index (Phi) is 4.31. The molecule has 0 spiro atoms. The number of fused-ring (bicyclic) bond motifs is 3. The summed E-state index contributed by atoms with van der Waals surface area (Å²) in [6, 6.07) is 16.3. The van der Waals surface area contributed by atoms with Gasteiger partial charge in [0.2, 0.25) is 0 Å². The van der Waals surface area contributed by atoms with E-state index in [9.17, 15) is 0 Å². The lowest BCUT2D eigenvalue weighted by molar-refractivity contribution is 1.00. The molecule has 6 heteroatoms. The van der Waals surface area contributed by atoms with E-state index < -0.39 is 0 Å². The summed E-state index contributed by atoms with van der Waals surface area (Å²) in [7, 11) is 0. The van der Waals surface area contributed by atoms with Crippen molar-refractivity contribution in [2.45, 2.75) is 13.3 Å². The largest absolute Gasteiger partial charge is 0.294 e. The number of aromatic nitrogens is 3. The first-order valence-electron chi connectivity index (χ1n) is 9.12. The number of halogens is 1. The maximum Gasteiger partial charge on any atom is 0.111 e. The van der Waals surface area contributed by atoms with Crippen LogP contribution < -0.4 is 0 Å². The zero-order chi connectivity index (χ0) is 20.0. The fourth-order valence-electron chi connectivity index (χ4n) is 3.71. The SMILES string of the molecule is Cc1nc2cnc3ccc(-c4ccsc4)cc3c2n1-c1ccc(CC#N)cc1Cl. The first-order chi connectivity index (χ1) is 14.2. The van der Waals surface area contributed by atoms with Crippen molar-refractivity contribution >= 4 is 44.9 Å². The van der Waals surface area contributed by atoms with E-state index in [1.807, 2.05) is 37.4 Å². The van der Waals surface area contributed by atoms with Crippen molar-refractivity contribution in [1.29, 1.82) is 5.26 Å². The summed E-state index contributed by atoms with van der Waals surface area (Å²) < 4.78 is 2.08. The van der Waals surface area contributed by atoms with Gasteiger partial charge in [0.05, 0.1) is 40.4 Å². The van der Waals surface area contributed by atoms with Crippen molar-refractivity contribution in [3.05, 3.63) is 75.8 Å². The molecular formula is C23H15ClN4S. The molecule has 0 aliphatic carbocycles. The summed E-state index contributed by atoms with van der Waals surface area (Å²) in [5.74, 6) is 0.838. The highest BCUT2D eigenvalue weighted by Crippen LogP contribution is 2.33. The Balaban J connectivity index is 1.81. The number of imidazole rings is 1. The van der Waals surface area contributed by atoms with Crippen molar-refractivity contribution in [2.75, 3.05) is 0 Å². The third-order valence-corrected chi connectivity index (χ3v) is 6.03. The van der Waals surface area contributed by atoms with Gasteiger partial charge >= 0.3 is 0 Å². The second-order valence-electron chi connectivity index (χ2n) is 6.85. The van der Waals surface area contributed by atoms with Gasteiger partial charge in [0, 0.05) is 5.39 Å². The van der Waals surface area contributed by atoms with Crippen molar-refractivity contribution in [2.24, 2.45) is 0 Å². The van der Waals surface area contributed by atoms with Crippen LogP contribution in [0.1, 0.15) is 11.4 Å². The third-order valence-electron chi connectivity index (χ3n) is 5.04. The summed E-state index contributed by atoms with van der Waals surface area (Å²) >= 11 is 8.30. The lowest BCUT2D eigenvalue weighted by Gasteiger charge is -2.12. The molecule has 0 fully saturated rings. The number of thiophene rings is 1. The molecule has 3 aromatic heterocycles. The molecule has 3 heterocycles. The molecule has 29 heavy (non-hydrogen) atoms. The molecule has 0 saturated carbocycles. The van der Waals surface area contributed by atoms with Gasteiger partial charge in [-0.15, -0.1) is 0 Å². The number of nitriles is 1. The van der Waals surface area contributed by atoms with Crippen LogP contribution in [-0.2, 0) is 6.42 Å². The van der Waals surface area contributed by atoms with Crippen LogP contribution in [0.5, 0.6) is 0 Å². The van der Waals surface area contributed by atoms with Crippen LogP contribution in [0.3, 0.4) is 0 Å². The van der Waals surface area contributed by atoms with Gasteiger partial charge in [-0.3, -0.25) is 9.55 Å². The normalized spacial score (nSPS) is 11.2. The van der Waals surface area contributed by atoms with Crippen LogP contribution in [0.25, 0.3) is 38.8 Å². The molecule has 0 aliphatic rings. The number of nitrogens with zero attached hydrogens (tertiary/aromatic N) is 4. The second-order valence-corrected chi connectivity index (χ2v) is 8.04. The highest BCUT2D eigenvalue weighted by Gasteiger charge is 2.16. The van der Waals surface area contributed by atoms with Gasteiger partial charge < -0.3 is 0 Å². The number of hydrogen-bond donors (Lipinski definition) is 0. The molecule has 2 aromatic carbocycles. The van der Waals surface area contributed by atoms with Gasteiger partial charge in [-0.1, -0.05) is 23.7 Å². The molecule has 0 saturated heterocycles. The lowest BCUT2D eigenvalue weighted by atomic mass is 10.1. The Morgan fingerprint density at radius 3 is 2.76 bits per heavy atom. The van der Waals surface area contributed by atoms with E-state index in [1.165, 1.54) is 5.56 Å². The molecule has 0 atom stereocenters. The van der Waals surface area contributed by atoms with E-state index in [1.54, 1.807) is 11.3 Å². The predicted molar refractivity (Wildman–Crippen MR) is 119 cm³/mol. The van der Waals surface area contributed by atoms with Gasteiger partial charge in [0.15, 0.2) is 0 Å².